The number of hydrogen-bond donors (Lipinski definition) is 0. The summed E-state index contributed by atoms with van der Waals surface area (Å²) in [6.07, 6.45) is 4.66. The number of para-hydroxylation sites is 1. The number of aliphatic imine (C=N–C) groups is 1. The molecular weight excluding hydrogens is 477 g/mol. The van der Waals surface area contributed by atoms with Crippen LogP contribution in [0.2, 0.25) is 31.7 Å². The lowest BCUT2D eigenvalue weighted by atomic mass is 9.76. The highest BCUT2D eigenvalue weighted by Crippen LogP contribution is 2.45. The zero-order valence-corrected chi connectivity index (χ0v) is 24.3. The molecule has 0 spiro atoms. The highest BCUT2D eigenvalue weighted by Gasteiger charge is 2.48. The summed E-state index contributed by atoms with van der Waals surface area (Å²) in [5.74, 6) is 0. The van der Waals surface area contributed by atoms with Crippen LogP contribution in [0.4, 0.5) is 5.69 Å². The van der Waals surface area contributed by atoms with Crippen LogP contribution in [-0.2, 0) is 19.6 Å². The highest BCUT2D eigenvalue weighted by molar-refractivity contribution is 7.89. The number of allylic oxidation sites excluding steroid dienone is 1. The van der Waals surface area contributed by atoms with E-state index in [0.717, 1.165) is 17.5 Å². The number of rotatable bonds is 8. The topological polar surface area (TPSA) is 59.0 Å². The molecule has 0 amide bonds. The largest absolute Gasteiger partial charge is 0.458 e. The highest BCUT2D eigenvalue weighted by atomic mass is 32.2. The van der Waals surface area contributed by atoms with E-state index in [0.29, 0.717) is 18.8 Å². The van der Waals surface area contributed by atoms with E-state index in [-0.39, 0.29) is 15.9 Å². The quantitative estimate of drug-likeness (QED) is 0.322. The van der Waals surface area contributed by atoms with Gasteiger partial charge in [-0.3, -0.25) is 4.99 Å². The zero-order chi connectivity index (χ0) is 25.1. The van der Waals surface area contributed by atoms with Crippen LogP contribution in [0.15, 0.2) is 64.5 Å². The molecule has 0 radical (unpaired) electrons. The zero-order valence-electron chi connectivity index (χ0n) is 21.3. The molecule has 1 aliphatic rings. The third-order valence-corrected chi connectivity index (χ3v) is 15.3. The molecular formula is C26H38N2O3SSi2. The predicted octanol–water partition coefficient (Wildman–Crippen LogP) is 5.98. The van der Waals surface area contributed by atoms with Crippen LogP contribution in [-0.4, -0.2) is 49.9 Å². The molecule has 1 aliphatic heterocycles. The summed E-state index contributed by atoms with van der Waals surface area (Å²) < 4.78 is 36.5. The summed E-state index contributed by atoms with van der Waals surface area (Å²) in [6.45, 7) is 17.5. The summed E-state index contributed by atoms with van der Waals surface area (Å²) in [5, 5.41) is 0. The Labute approximate surface area is 208 Å². The molecule has 1 saturated heterocycles. The Morgan fingerprint density at radius 1 is 1.18 bits per heavy atom. The van der Waals surface area contributed by atoms with Crippen molar-refractivity contribution < 1.29 is 12.5 Å². The second-order valence-electron chi connectivity index (χ2n) is 10.2. The van der Waals surface area contributed by atoms with Crippen LogP contribution in [0.1, 0.15) is 31.4 Å². The van der Waals surface area contributed by atoms with Crippen molar-refractivity contribution in [2.45, 2.75) is 62.3 Å². The van der Waals surface area contributed by atoms with Gasteiger partial charge in [-0.1, -0.05) is 61.5 Å². The first kappa shape index (κ1) is 26.8. The number of nitrogens with zero attached hydrogens (tertiary/aromatic N) is 2. The minimum atomic E-state index is -3.80. The van der Waals surface area contributed by atoms with Gasteiger partial charge in [-0.25, -0.2) is 8.42 Å². The van der Waals surface area contributed by atoms with Crippen LogP contribution in [0, 0.1) is 0 Å². The van der Waals surface area contributed by atoms with Crippen molar-refractivity contribution in [3.8, 4) is 0 Å². The fraction of sp³-hybridized carbons (Fsp3) is 0.423. The molecule has 184 valence electrons. The van der Waals surface area contributed by atoms with Crippen molar-refractivity contribution in [3.63, 3.8) is 0 Å². The molecule has 1 heterocycles. The average molecular weight is 515 g/mol. The van der Waals surface area contributed by atoms with E-state index in [2.05, 4.69) is 57.0 Å². The van der Waals surface area contributed by atoms with Crippen molar-refractivity contribution in [1.29, 1.82) is 0 Å². The van der Waals surface area contributed by atoms with E-state index in [1.165, 1.54) is 0 Å². The normalized spacial score (nSPS) is 22.4. The number of hydrogen-bond acceptors (Lipinski definition) is 4. The van der Waals surface area contributed by atoms with Crippen molar-refractivity contribution in [2.24, 2.45) is 4.99 Å². The fourth-order valence-electron chi connectivity index (χ4n) is 5.14. The minimum Gasteiger partial charge on any atom is -0.458 e. The fourth-order valence-corrected chi connectivity index (χ4v) is 14.3. The van der Waals surface area contributed by atoms with Gasteiger partial charge in [0, 0.05) is 24.1 Å². The standard InChI is InChI=1S/C26H38N2O3SSi2/c1-8-13-21-14-12-17-24(25(21)27-3)32(29,30)28-19-23(34(6,7)31-33(4)5)18-26(2,20-28)22-15-10-9-11-16-22/h8-17,23,33H,3,18-20H2,1-2,4-7H3/b13-8-/t23?,26-/m1/s1. The van der Waals surface area contributed by atoms with Gasteiger partial charge in [-0.2, -0.15) is 4.31 Å². The summed E-state index contributed by atoms with van der Waals surface area (Å²) in [5.41, 5.74) is 2.19. The first-order valence-corrected chi connectivity index (χ1v) is 19.1. The van der Waals surface area contributed by atoms with Gasteiger partial charge in [-0.15, -0.1) is 0 Å². The molecule has 1 unspecified atom stereocenters. The van der Waals surface area contributed by atoms with Gasteiger partial charge in [0.15, 0.2) is 17.4 Å². The maximum absolute atomic E-state index is 14.1. The Bertz CT molecular complexity index is 1150. The first-order chi connectivity index (χ1) is 15.9. The first-order valence-electron chi connectivity index (χ1n) is 11.9. The number of benzene rings is 2. The molecule has 0 N–H and O–H groups in total. The molecule has 8 heteroatoms. The molecule has 34 heavy (non-hydrogen) atoms. The molecule has 0 bridgehead atoms. The van der Waals surface area contributed by atoms with Gasteiger partial charge in [0.1, 0.15) is 4.90 Å². The molecule has 2 atom stereocenters. The summed E-state index contributed by atoms with van der Waals surface area (Å²) in [4.78, 5) is 4.35. The van der Waals surface area contributed by atoms with Crippen LogP contribution < -0.4 is 0 Å². The van der Waals surface area contributed by atoms with Gasteiger partial charge in [0.2, 0.25) is 10.0 Å². The van der Waals surface area contributed by atoms with E-state index in [4.69, 9.17) is 4.12 Å². The van der Waals surface area contributed by atoms with Crippen LogP contribution in [0.5, 0.6) is 0 Å². The van der Waals surface area contributed by atoms with E-state index in [1.54, 1.807) is 16.4 Å². The third-order valence-electron chi connectivity index (χ3n) is 6.79. The Balaban J connectivity index is 2.12. The van der Waals surface area contributed by atoms with E-state index in [1.807, 2.05) is 43.3 Å². The molecule has 1 fully saturated rings. The minimum absolute atomic E-state index is 0.176. The summed E-state index contributed by atoms with van der Waals surface area (Å²) in [7, 11) is -7.22. The number of sulfonamides is 1. The molecule has 2 aromatic rings. The second-order valence-corrected chi connectivity index (χ2v) is 19.2. The van der Waals surface area contributed by atoms with Gasteiger partial charge in [0.05, 0.1) is 5.69 Å². The molecule has 5 nitrogen and oxygen atoms in total. The Morgan fingerprint density at radius 3 is 2.44 bits per heavy atom. The monoisotopic (exact) mass is 514 g/mol. The summed E-state index contributed by atoms with van der Waals surface area (Å²) >= 11 is 0. The van der Waals surface area contributed by atoms with Crippen LogP contribution in [0.25, 0.3) is 6.08 Å². The molecule has 3 rings (SSSR count). The SMILES string of the molecule is C=Nc1c(/C=C\C)cccc1S(=O)(=O)N1CC([Si](C)(C)O[SiH](C)C)C[C@@](C)(c2ccccc2)C1. The Hall–Kier alpha value is -1.85. The molecule has 0 saturated carbocycles. The lowest BCUT2D eigenvalue weighted by Gasteiger charge is -2.48. The Morgan fingerprint density at radius 2 is 1.85 bits per heavy atom. The number of piperidine rings is 1. The summed E-state index contributed by atoms with van der Waals surface area (Å²) in [6, 6.07) is 15.6. The van der Waals surface area contributed by atoms with Gasteiger partial charge in [-0.05, 0) is 63.4 Å². The van der Waals surface area contributed by atoms with Gasteiger partial charge in [0.25, 0.3) is 0 Å². The third kappa shape index (κ3) is 5.52. The molecule has 0 aliphatic carbocycles. The maximum Gasteiger partial charge on any atom is 0.245 e. The molecule has 2 aromatic carbocycles. The van der Waals surface area contributed by atoms with Gasteiger partial charge >= 0.3 is 0 Å². The smallest absolute Gasteiger partial charge is 0.245 e. The lowest BCUT2D eigenvalue weighted by Crippen LogP contribution is -2.55. The molecule has 0 aromatic heterocycles. The second kappa shape index (κ2) is 10.4. The van der Waals surface area contributed by atoms with Gasteiger partial charge < -0.3 is 4.12 Å². The van der Waals surface area contributed by atoms with E-state index < -0.39 is 27.4 Å². The van der Waals surface area contributed by atoms with Crippen LogP contribution in [0.3, 0.4) is 0 Å². The lowest BCUT2D eigenvalue weighted by molar-refractivity contribution is 0.230. The average Bonchev–Trinajstić information content (AvgIpc) is 2.78. The van der Waals surface area contributed by atoms with Crippen molar-refractivity contribution in [3.05, 3.63) is 65.7 Å². The predicted molar refractivity (Wildman–Crippen MR) is 149 cm³/mol. The Kier molecular flexibility index (Phi) is 8.19. The van der Waals surface area contributed by atoms with Crippen molar-refractivity contribution in [1.82, 2.24) is 4.31 Å². The van der Waals surface area contributed by atoms with E-state index in [9.17, 15) is 8.42 Å². The van der Waals surface area contributed by atoms with Crippen LogP contribution >= 0.6 is 0 Å². The maximum atomic E-state index is 14.1. The van der Waals surface area contributed by atoms with Crippen molar-refractivity contribution >= 4 is 45.9 Å². The van der Waals surface area contributed by atoms with E-state index >= 15 is 0 Å². The van der Waals surface area contributed by atoms with Crippen molar-refractivity contribution in [2.75, 3.05) is 13.1 Å².